The van der Waals surface area contributed by atoms with E-state index in [1.54, 1.807) is 6.07 Å². The van der Waals surface area contributed by atoms with Crippen LogP contribution in [0.3, 0.4) is 0 Å². The van der Waals surface area contributed by atoms with Crippen LogP contribution in [0.5, 0.6) is 5.75 Å². The van der Waals surface area contributed by atoms with Gasteiger partial charge in [0.2, 0.25) is 0 Å². The number of nitrogens with zero attached hydrogens (tertiary/aromatic N) is 1. The number of nitrogen functional groups attached to an aromatic ring is 1. The quantitative estimate of drug-likeness (QED) is 0.342. The van der Waals surface area contributed by atoms with Gasteiger partial charge in [-0.15, -0.1) is 0 Å². The maximum absolute atomic E-state index is 10.6. The molecule has 1 aromatic rings. The Labute approximate surface area is 80.9 Å². The van der Waals surface area contributed by atoms with Crippen LogP contribution in [0.15, 0.2) is 30.9 Å². The Morgan fingerprint density at radius 1 is 1.64 bits per heavy atom. The van der Waals surface area contributed by atoms with Crippen LogP contribution >= 0.6 is 0 Å². The highest BCUT2D eigenvalue weighted by Crippen LogP contribution is 2.32. The minimum atomic E-state index is -0.562. The van der Waals surface area contributed by atoms with Crippen molar-refractivity contribution in [3.63, 3.8) is 0 Å². The monoisotopic (exact) mass is 194 g/mol. The highest BCUT2D eigenvalue weighted by Gasteiger charge is 2.18. The zero-order chi connectivity index (χ0) is 10.6. The van der Waals surface area contributed by atoms with Gasteiger partial charge in [-0.05, 0) is 12.1 Å². The molecule has 0 radical (unpaired) electrons. The molecule has 74 valence electrons. The van der Waals surface area contributed by atoms with Gasteiger partial charge in [-0.3, -0.25) is 10.1 Å². The number of hydrogen-bond acceptors (Lipinski definition) is 4. The van der Waals surface area contributed by atoms with E-state index in [0.29, 0.717) is 0 Å². The Balaban J connectivity index is 3.07. The van der Waals surface area contributed by atoms with Gasteiger partial charge >= 0.3 is 5.69 Å². The predicted octanol–water partition coefficient (Wildman–Crippen LogP) is 1.74. The zero-order valence-electron chi connectivity index (χ0n) is 7.47. The fourth-order valence-corrected chi connectivity index (χ4v) is 1.000. The molecule has 0 saturated heterocycles. The zero-order valence-corrected chi connectivity index (χ0v) is 7.47. The molecule has 0 fully saturated rings. The molecule has 1 rings (SSSR count). The van der Waals surface area contributed by atoms with Crippen molar-refractivity contribution >= 4 is 11.4 Å². The number of benzene rings is 1. The molecule has 0 saturated carbocycles. The number of hydrogen-bond donors (Lipinski definition) is 1. The second-order valence-electron chi connectivity index (χ2n) is 2.55. The second-order valence-corrected chi connectivity index (χ2v) is 2.55. The SMILES string of the molecule is C=CCOc1cccc(N)c1[N+](=O)[O-]. The number of ether oxygens (including phenoxy) is 1. The summed E-state index contributed by atoms with van der Waals surface area (Å²) in [5.74, 6) is 0.162. The van der Waals surface area contributed by atoms with E-state index in [0.717, 1.165) is 0 Å². The molecular formula is C9H10N2O3. The van der Waals surface area contributed by atoms with Crippen LogP contribution < -0.4 is 10.5 Å². The summed E-state index contributed by atoms with van der Waals surface area (Å²) in [6.45, 7) is 3.66. The van der Waals surface area contributed by atoms with Crippen LogP contribution in [-0.4, -0.2) is 11.5 Å². The lowest BCUT2D eigenvalue weighted by Crippen LogP contribution is -2.01. The predicted molar refractivity (Wildman–Crippen MR) is 53.2 cm³/mol. The van der Waals surface area contributed by atoms with Gasteiger partial charge in [0, 0.05) is 0 Å². The largest absolute Gasteiger partial charge is 0.483 e. The van der Waals surface area contributed by atoms with Gasteiger partial charge in [0.1, 0.15) is 12.3 Å². The summed E-state index contributed by atoms with van der Waals surface area (Å²) in [6, 6.07) is 4.55. The summed E-state index contributed by atoms with van der Waals surface area (Å²) in [5, 5.41) is 10.6. The highest BCUT2D eigenvalue weighted by molar-refractivity contribution is 5.65. The molecule has 0 spiro atoms. The minimum Gasteiger partial charge on any atom is -0.483 e. The van der Waals surface area contributed by atoms with Crippen LogP contribution in [0, 0.1) is 10.1 Å². The molecule has 2 N–H and O–H groups in total. The van der Waals surface area contributed by atoms with E-state index in [-0.39, 0.29) is 23.7 Å². The minimum absolute atomic E-state index is 0.0940. The third kappa shape index (κ3) is 2.01. The average molecular weight is 194 g/mol. The lowest BCUT2D eigenvalue weighted by Gasteiger charge is -2.05. The molecule has 5 heteroatoms. The van der Waals surface area contributed by atoms with Gasteiger partial charge in [0.05, 0.1) is 4.92 Å². The van der Waals surface area contributed by atoms with Crippen molar-refractivity contribution in [1.82, 2.24) is 0 Å². The first-order chi connectivity index (χ1) is 6.66. The van der Waals surface area contributed by atoms with E-state index < -0.39 is 4.92 Å². The van der Waals surface area contributed by atoms with Crippen LogP contribution in [0.25, 0.3) is 0 Å². The molecule has 0 amide bonds. The molecule has 0 aliphatic carbocycles. The summed E-state index contributed by atoms with van der Waals surface area (Å²) in [4.78, 5) is 10.1. The number of nitro groups is 1. The van der Waals surface area contributed by atoms with Crippen molar-refractivity contribution in [2.24, 2.45) is 0 Å². The number of nitrogens with two attached hydrogens (primary N) is 1. The molecule has 5 nitrogen and oxygen atoms in total. The van der Waals surface area contributed by atoms with Crippen LogP contribution in [0.1, 0.15) is 0 Å². The third-order valence-corrected chi connectivity index (χ3v) is 1.57. The van der Waals surface area contributed by atoms with Crippen molar-refractivity contribution in [2.75, 3.05) is 12.3 Å². The molecule has 0 aliphatic heterocycles. The Bertz CT molecular complexity index is 363. The lowest BCUT2D eigenvalue weighted by atomic mass is 10.2. The van der Waals surface area contributed by atoms with Gasteiger partial charge in [-0.2, -0.15) is 0 Å². The first kappa shape index (κ1) is 10.0. The molecule has 0 aliphatic rings. The molecule has 14 heavy (non-hydrogen) atoms. The van der Waals surface area contributed by atoms with E-state index in [1.807, 2.05) is 0 Å². The van der Waals surface area contributed by atoms with E-state index >= 15 is 0 Å². The topological polar surface area (TPSA) is 78.4 Å². The van der Waals surface area contributed by atoms with Crippen molar-refractivity contribution < 1.29 is 9.66 Å². The molecule has 1 aromatic carbocycles. The second kappa shape index (κ2) is 4.27. The lowest BCUT2D eigenvalue weighted by molar-refractivity contribution is -0.384. The standard InChI is InChI=1S/C9H10N2O3/c1-2-6-14-8-5-3-4-7(10)9(8)11(12)13/h2-5H,1,6,10H2. The van der Waals surface area contributed by atoms with Crippen molar-refractivity contribution in [2.45, 2.75) is 0 Å². The van der Waals surface area contributed by atoms with Crippen LogP contribution in [0.4, 0.5) is 11.4 Å². The Hall–Kier alpha value is -2.04. The Kier molecular flexibility index (Phi) is 3.06. The van der Waals surface area contributed by atoms with Crippen LogP contribution in [0.2, 0.25) is 0 Å². The fourth-order valence-electron chi connectivity index (χ4n) is 1.000. The maximum Gasteiger partial charge on any atom is 0.333 e. The van der Waals surface area contributed by atoms with Gasteiger partial charge < -0.3 is 10.5 Å². The van der Waals surface area contributed by atoms with Crippen LogP contribution in [-0.2, 0) is 0 Å². The average Bonchev–Trinajstić information content (AvgIpc) is 2.14. The molecule has 0 atom stereocenters. The molecule has 0 heterocycles. The van der Waals surface area contributed by atoms with Crippen molar-refractivity contribution in [3.8, 4) is 5.75 Å². The molecule has 0 aromatic heterocycles. The van der Waals surface area contributed by atoms with Gasteiger partial charge in [-0.25, -0.2) is 0 Å². The molecular weight excluding hydrogens is 184 g/mol. The van der Waals surface area contributed by atoms with E-state index in [2.05, 4.69) is 6.58 Å². The van der Waals surface area contributed by atoms with Gasteiger partial charge in [0.25, 0.3) is 0 Å². The van der Waals surface area contributed by atoms with E-state index in [9.17, 15) is 10.1 Å². The number of rotatable bonds is 4. The van der Waals surface area contributed by atoms with E-state index in [4.69, 9.17) is 10.5 Å². The van der Waals surface area contributed by atoms with Crippen molar-refractivity contribution in [3.05, 3.63) is 41.0 Å². The highest BCUT2D eigenvalue weighted by atomic mass is 16.6. The maximum atomic E-state index is 10.6. The first-order valence-electron chi connectivity index (χ1n) is 3.93. The smallest absolute Gasteiger partial charge is 0.333 e. The third-order valence-electron chi connectivity index (χ3n) is 1.57. The Morgan fingerprint density at radius 2 is 2.36 bits per heavy atom. The number of nitro benzene ring substituents is 1. The summed E-state index contributed by atoms with van der Waals surface area (Å²) >= 11 is 0. The summed E-state index contributed by atoms with van der Waals surface area (Å²) in [5.41, 5.74) is 5.34. The van der Waals surface area contributed by atoms with Gasteiger partial charge in [0.15, 0.2) is 5.75 Å². The molecule has 0 unspecified atom stereocenters. The van der Waals surface area contributed by atoms with Gasteiger partial charge in [-0.1, -0.05) is 18.7 Å². The van der Waals surface area contributed by atoms with E-state index in [1.165, 1.54) is 18.2 Å². The van der Waals surface area contributed by atoms with Crippen molar-refractivity contribution in [1.29, 1.82) is 0 Å². The summed E-state index contributed by atoms with van der Waals surface area (Å²) in [7, 11) is 0. The first-order valence-corrected chi connectivity index (χ1v) is 3.93. The number of anilines is 1. The number of para-hydroxylation sites is 1. The summed E-state index contributed by atoms with van der Waals surface area (Å²) < 4.78 is 5.09. The molecule has 0 bridgehead atoms. The summed E-state index contributed by atoms with van der Waals surface area (Å²) in [6.07, 6.45) is 1.51. The normalized spacial score (nSPS) is 9.43. The Morgan fingerprint density at radius 3 is 2.93 bits per heavy atom. The fraction of sp³-hybridized carbons (Fsp3) is 0.111.